The second kappa shape index (κ2) is 5.73. The van der Waals surface area contributed by atoms with E-state index in [0.29, 0.717) is 0 Å². The summed E-state index contributed by atoms with van der Waals surface area (Å²) in [5, 5.41) is 21.9. The molecule has 0 spiro atoms. The minimum absolute atomic E-state index is 0.470. The van der Waals surface area contributed by atoms with Gasteiger partial charge in [0.25, 0.3) is 17.2 Å². The number of nitro groups is 1. The van der Waals surface area contributed by atoms with Gasteiger partial charge in [-0.25, -0.2) is 4.79 Å². The van der Waals surface area contributed by atoms with Gasteiger partial charge in [0.1, 0.15) is 11.6 Å². The van der Waals surface area contributed by atoms with E-state index in [2.05, 4.69) is 10.3 Å². The molecule has 0 aliphatic carbocycles. The quantitative estimate of drug-likeness (QED) is 0.546. The fourth-order valence-electron chi connectivity index (χ4n) is 1.60. The van der Waals surface area contributed by atoms with Crippen LogP contribution in [-0.4, -0.2) is 32.9 Å². The third-order valence-electron chi connectivity index (χ3n) is 2.73. The van der Waals surface area contributed by atoms with Gasteiger partial charge in [-0.1, -0.05) is 20.8 Å². The van der Waals surface area contributed by atoms with Crippen LogP contribution in [0.2, 0.25) is 0 Å². The summed E-state index contributed by atoms with van der Waals surface area (Å²) in [6.07, 6.45) is 0.859. The van der Waals surface area contributed by atoms with Crippen LogP contribution in [0.5, 0.6) is 0 Å². The number of amides is 1. The maximum atomic E-state index is 12.0. The van der Waals surface area contributed by atoms with E-state index in [-0.39, 0.29) is 0 Å². The summed E-state index contributed by atoms with van der Waals surface area (Å²) >= 11 is 0. The summed E-state index contributed by atoms with van der Waals surface area (Å²) in [5.41, 5.74) is -2.62. The normalized spacial score (nSPS) is 12.5. The van der Waals surface area contributed by atoms with E-state index in [1.165, 1.54) is 0 Å². The molecule has 0 bridgehead atoms. The highest BCUT2D eigenvalue weighted by atomic mass is 16.6. The van der Waals surface area contributed by atoms with Crippen LogP contribution in [0.4, 0.5) is 5.69 Å². The van der Waals surface area contributed by atoms with Gasteiger partial charge in [-0.3, -0.25) is 19.7 Å². The summed E-state index contributed by atoms with van der Waals surface area (Å²) in [7, 11) is 0. The summed E-state index contributed by atoms with van der Waals surface area (Å²) in [6, 6.07) is -0.445. The molecule has 3 N–H and O–H groups in total. The van der Waals surface area contributed by atoms with Gasteiger partial charge >= 0.3 is 5.97 Å². The van der Waals surface area contributed by atoms with E-state index < -0.39 is 45.1 Å². The van der Waals surface area contributed by atoms with Gasteiger partial charge in [0, 0.05) is 6.07 Å². The third kappa shape index (κ3) is 3.88. The Morgan fingerprint density at radius 2 is 2.00 bits per heavy atom. The highest BCUT2D eigenvalue weighted by Crippen LogP contribution is 2.20. The highest BCUT2D eigenvalue weighted by molar-refractivity contribution is 5.96. The molecule has 1 aromatic rings. The van der Waals surface area contributed by atoms with E-state index in [0.717, 1.165) is 12.3 Å². The second-order valence-electron chi connectivity index (χ2n) is 5.47. The van der Waals surface area contributed by atoms with Crippen LogP contribution in [0.3, 0.4) is 0 Å². The minimum Gasteiger partial charge on any atom is -0.480 e. The molecule has 0 unspecified atom stereocenters. The molecule has 1 rings (SSSR count). The highest BCUT2D eigenvalue weighted by Gasteiger charge is 2.33. The zero-order chi connectivity index (χ0) is 16.4. The Kier molecular flexibility index (Phi) is 4.46. The fourth-order valence-corrected chi connectivity index (χ4v) is 1.60. The molecule has 114 valence electrons. The number of nitrogens with one attached hydrogen (secondary N) is 2. The van der Waals surface area contributed by atoms with Gasteiger partial charge in [-0.05, 0) is 5.41 Å². The van der Waals surface area contributed by atoms with Crippen LogP contribution in [0, 0.1) is 15.5 Å². The molecular formula is C12H15N3O6. The molecule has 1 heterocycles. The molecule has 0 radical (unpaired) electrons. The molecule has 0 aromatic carbocycles. The number of aromatic amines is 1. The molecule has 0 aliphatic heterocycles. The lowest BCUT2D eigenvalue weighted by molar-refractivity contribution is -0.385. The molecule has 9 nitrogen and oxygen atoms in total. The molecule has 0 saturated heterocycles. The standard InChI is InChI=1S/C12H15N3O6/c1-12(2,3)8(11(18)19)14-10(17)7-4-6(15(20)21)5-13-9(7)16/h4-5,8H,1-3H3,(H,13,16)(H,14,17)(H,18,19)/t8-/m0/s1. The van der Waals surface area contributed by atoms with E-state index in [4.69, 9.17) is 5.11 Å². The molecule has 0 aliphatic rings. The first-order valence-electron chi connectivity index (χ1n) is 5.95. The Morgan fingerprint density at radius 3 is 2.43 bits per heavy atom. The van der Waals surface area contributed by atoms with Crippen LogP contribution in [0.1, 0.15) is 31.1 Å². The molecule has 1 atom stereocenters. The van der Waals surface area contributed by atoms with Crippen molar-refractivity contribution in [1.82, 2.24) is 10.3 Å². The number of carbonyl (C=O) groups is 2. The van der Waals surface area contributed by atoms with Crippen molar-refractivity contribution in [3.8, 4) is 0 Å². The number of rotatable bonds is 4. The topological polar surface area (TPSA) is 142 Å². The lowest BCUT2D eigenvalue weighted by Gasteiger charge is -2.27. The van der Waals surface area contributed by atoms with Crippen molar-refractivity contribution in [2.45, 2.75) is 26.8 Å². The predicted octanol–water partition coefficient (Wildman–Crippen LogP) is 0.512. The predicted molar refractivity (Wildman–Crippen MR) is 72.1 cm³/mol. The van der Waals surface area contributed by atoms with Crippen molar-refractivity contribution >= 4 is 17.6 Å². The second-order valence-corrected chi connectivity index (χ2v) is 5.47. The summed E-state index contributed by atoms with van der Waals surface area (Å²) < 4.78 is 0. The van der Waals surface area contributed by atoms with Crippen molar-refractivity contribution in [2.24, 2.45) is 5.41 Å². The number of pyridine rings is 1. The van der Waals surface area contributed by atoms with Crippen molar-refractivity contribution in [1.29, 1.82) is 0 Å². The molecule has 1 aromatic heterocycles. The Labute approximate surface area is 119 Å². The maximum absolute atomic E-state index is 12.0. The average Bonchev–Trinajstić information content (AvgIpc) is 2.33. The van der Waals surface area contributed by atoms with E-state index in [9.17, 15) is 24.5 Å². The number of H-pyrrole nitrogens is 1. The van der Waals surface area contributed by atoms with Gasteiger partial charge in [0.05, 0.1) is 11.1 Å². The minimum atomic E-state index is -1.27. The first-order valence-corrected chi connectivity index (χ1v) is 5.95. The van der Waals surface area contributed by atoms with Gasteiger partial charge in [0.15, 0.2) is 0 Å². The Morgan fingerprint density at radius 1 is 1.43 bits per heavy atom. The molecule has 0 saturated carbocycles. The Hall–Kier alpha value is -2.71. The number of aromatic nitrogens is 1. The third-order valence-corrected chi connectivity index (χ3v) is 2.73. The smallest absolute Gasteiger partial charge is 0.326 e. The van der Waals surface area contributed by atoms with Crippen LogP contribution >= 0.6 is 0 Å². The lowest BCUT2D eigenvalue weighted by atomic mass is 9.86. The monoisotopic (exact) mass is 297 g/mol. The summed E-state index contributed by atoms with van der Waals surface area (Å²) in [5.74, 6) is -2.25. The zero-order valence-electron chi connectivity index (χ0n) is 11.7. The number of nitrogens with zero attached hydrogens (tertiary/aromatic N) is 1. The van der Waals surface area contributed by atoms with Crippen LogP contribution in [-0.2, 0) is 4.79 Å². The van der Waals surface area contributed by atoms with Gasteiger partial charge in [-0.2, -0.15) is 0 Å². The molecular weight excluding hydrogens is 282 g/mol. The maximum Gasteiger partial charge on any atom is 0.326 e. The number of hydrogen-bond donors (Lipinski definition) is 3. The van der Waals surface area contributed by atoms with E-state index >= 15 is 0 Å². The summed E-state index contributed by atoms with van der Waals surface area (Å²) in [4.78, 5) is 46.6. The first kappa shape index (κ1) is 16.3. The Bertz CT molecular complexity index is 643. The number of carboxylic acid groups (broad SMARTS) is 1. The molecule has 1 amide bonds. The van der Waals surface area contributed by atoms with Crippen molar-refractivity contribution in [3.63, 3.8) is 0 Å². The van der Waals surface area contributed by atoms with Crippen molar-refractivity contribution in [2.75, 3.05) is 0 Å². The van der Waals surface area contributed by atoms with Crippen molar-refractivity contribution < 1.29 is 19.6 Å². The van der Waals surface area contributed by atoms with E-state index in [1.807, 2.05) is 0 Å². The first-order chi connectivity index (χ1) is 9.54. The zero-order valence-corrected chi connectivity index (χ0v) is 11.7. The van der Waals surface area contributed by atoms with Crippen molar-refractivity contribution in [3.05, 3.63) is 38.3 Å². The number of aliphatic carboxylic acids is 1. The molecule has 9 heteroatoms. The largest absolute Gasteiger partial charge is 0.480 e. The van der Waals surface area contributed by atoms with Crippen LogP contribution in [0.15, 0.2) is 17.1 Å². The number of hydrogen-bond acceptors (Lipinski definition) is 5. The number of carboxylic acids is 1. The van der Waals surface area contributed by atoms with Gasteiger partial charge in [-0.15, -0.1) is 0 Å². The van der Waals surface area contributed by atoms with Crippen LogP contribution in [0.25, 0.3) is 0 Å². The average molecular weight is 297 g/mol. The number of carbonyl (C=O) groups excluding carboxylic acids is 1. The summed E-state index contributed by atoms with van der Waals surface area (Å²) in [6.45, 7) is 4.80. The Balaban J connectivity index is 3.14. The van der Waals surface area contributed by atoms with Gasteiger partial charge < -0.3 is 15.4 Å². The fraction of sp³-hybridized carbons (Fsp3) is 0.417. The lowest BCUT2D eigenvalue weighted by Crippen LogP contribution is -2.49. The molecule has 0 fully saturated rings. The van der Waals surface area contributed by atoms with E-state index in [1.54, 1.807) is 20.8 Å². The van der Waals surface area contributed by atoms with Crippen LogP contribution < -0.4 is 10.9 Å². The van der Waals surface area contributed by atoms with Gasteiger partial charge in [0.2, 0.25) is 0 Å². The SMILES string of the molecule is CC(C)(C)[C@@H](NC(=O)c1cc([N+](=O)[O-])c[nH]c1=O)C(=O)O. The molecule has 21 heavy (non-hydrogen) atoms.